The molecule has 3 N–H and O–H groups in total. The summed E-state index contributed by atoms with van der Waals surface area (Å²) >= 11 is 5.78. The van der Waals surface area contributed by atoms with E-state index in [9.17, 15) is 19.5 Å². The number of nitrogens with zero attached hydrogens (tertiary/aromatic N) is 1. The molecule has 2 aromatic carbocycles. The van der Waals surface area contributed by atoms with Gasteiger partial charge in [0.2, 0.25) is 5.56 Å². The molecule has 0 aliphatic rings. The fourth-order valence-corrected chi connectivity index (χ4v) is 3.13. The van der Waals surface area contributed by atoms with Crippen LogP contribution in [0.4, 0.5) is 0 Å². The van der Waals surface area contributed by atoms with Crippen LogP contribution in [0.15, 0.2) is 59.4 Å². The highest BCUT2D eigenvalue weighted by molar-refractivity contribution is 6.30. The Kier molecular flexibility index (Phi) is 9.16. The third-order valence-corrected chi connectivity index (χ3v) is 4.98. The molecule has 0 spiro atoms. The van der Waals surface area contributed by atoms with Gasteiger partial charge in [-0.25, -0.2) is 0 Å². The van der Waals surface area contributed by atoms with Gasteiger partial charge >= 0.3 is 0 Å². The summed E-state index contributed by atoms with van der Waals surface area (Å²) < 4.78 is 0.844. The van der Waals surface area contributed by atoms with Crippen LogP contribution >= 0.6 is 11.6 Å². The second kappa shape index (κ2) is 11.6. The highest BCUT2D eigenvalue weighted by atomic mass is 35.5. The maximum absolute atomic E-state index is 12.3. The summed E-state index contributed by atoms with van der Waals surface area (Å²) in [7, 11) is 6.16. The number of hydrogen-bond acceptors (Lipinski definition) is 5. The van der Waals surface area contributed by atoms with Crippen LogP contribution in [0, 0.1) is 0 Å². The third-order valence-electron chi connectivity index (χ3n) is 4.73. The molecule has 1 heterocycles. The molecule has 0 bridgehead atoms. The van der Waals surface area contributed by atoms with E-state index < -0.39 is 17.9 Å². The van der Waals surface area contributed by atoms with Crippen molar-refractivity contribution in [2.24, 2.45) is 0 Å². The molecule has 1 aromatic heterocycles. The van der Waals surface area contributed by atoms with E-state index in [1.165, 1.54) is 30.3 Å². The quantitative estimate of drug-likeness (QED) is 0.441. The first-order valence-corrected chi connectivity index (χ1v) is 10.7. The number of halogens is 1. The lowest BCUT2D eigenvalue weighted by atomic mass is 10.0. The van der Waals surface area contributed by atoms with Gasteiger partial charge in [0.25, 0.3) is 5.91 Å². The number of pyridine rings is 1. The number of aromatic nitrogens is 1. The number of carbonyl (C=O) groups is 2. The monoisotopic (exact) mass is 473 g/mol. The van der Waals surface area contributed by atoms with Crippen LogP contribution < -0.4 is 16.0 Å². The number of aromatic amines is 1. The van der Waals surface area contributed by atoms with E-state index in [4.69, 9.17) is 16.7 Å². The number of aliphatic hydroxyl groups is 1. The number of para-hydroxylation sites is 1. The molecule has 1 atom stereocenters. The van der Waals surface area contributed by atoms with Crippen molar-refractivity contribution in [3.63, 3.8) is 0 Å². The van der Waals surface area contributed by atoms with E-state index >= 15 is 0 Å². The zero-order valence-electron chi connectivity index (χ0n) is 18.8. The van der Waals surface area contributed by atoms with E-state index in [0.717, 1.165) is 11.0 Å². The number of hydrogen-bond donors (Lipinski definition) is 3. The van der Waals surface area contributed by atoms with Crippen molar-refractivity contribution in [2.45, 2.75) is 12.5 Å². The van der Waals surface area contributed by atoms with Gasteiger partial charge in [-0.1, -0.05) is 29.8 Å². The maximum Gasteiger partial charge on any atom is 0.251 e. The first-order chi connectivity index (χ1) is 15.5. The maximum atomic E-state index is 12.3. The van der Waals surface area contributed by atoms with Crippen LogP contribution in [-0.4, -0.2) is 66.8 Å². The van der Waals surface area contributed by atoms with E-state index in [1.807, 2.05) is 0 Å². The van der Waals surface area contributed by atoms with Crippen molar-refractivity contribution in [2.75, 3.05) is 34.3 Å². The lowest BCUT2D eigenvalue weighted by molar-refractivity contribution is -0.870. The van der Waals surface area contributed by atoms with Crippen molar-refractivity contribution in [1.29, 1.82) is 0 Å². The van der Waals surface area contributed by atoms with Gasteiger partial charge in [0.1, 0.15) is 6.54 Å². The average Bonchev–Trinajstić information content (AvgIpc) is 2.73. The lowest BCUT2D eigenvalue weighted by Gasteiger charge is -2.21. The first kappa shape index (κ1) is 26.1. The van der Waals surface area contributed by atoms with Gasteiger partial charge < -0.3 is 29.8 Å². The van der Waals surface area contributed by atoms with E-state index in [2.05, 4.69) is 31.4 Å². The average molecular weight is 474 g/mol. The Balaban J connectivity index is 0.000000479. The molecule has 1 unspecified atom stereocenters. The molecule has 0 radical (unpaired) electrons. The van der Waals surface area contributed by atoms with Crippen molar-refractivity contribution < 1.29 is 24.3 Å². The lowest BCUT2D eigenvalue weighted by Crippen LogP contribution is -2.49. The summed E-state index contributed by atoms with van der Waals surface area (Å²) in [6, 6.07) is 13.1. The van der Waals surface area contributed by atoms with Crippen molar-refractivity contribution >= 4 is 34.4 Å². The molecule has 3 rings (SSSR count). The molecule has 33 heavy (non-hydrogen) atoms. The SMILES string of the molecule is C[N+](C)(C)CCO.O=C(NC(Cc1cc(=O)[nH]c2ccccc12)C(=O)[O-])c1ccc(Cl)cc1. The number of aliphatic carboxylic acids is 1. The third kappa shape index (κ3) is 8.34. The fraction of sp³-hybridized carbons (Fsp3) is 0.292. The summed E-state index contributed by atoms with van der Waals surface area (Å²) in [6.45, 7) is 1.11. The van der Waals surface area contributed by atoms with Crippen LogP contribution in [0.2, 0.25) is 5.02 Å². The van der Waals surface area contributed by atoms with Crippen molar-refractivity contribution in [3.05, 3.63) is 81.1 Å². The van der Waals surface area contributed by atoms with Crippen LogP contribution in [0.3, 0.4) is 0 Å². The predicted octanol–water partition coefficient (Wildman–Crippen LogP) is 0.957. The van der Waals surface area contributed by atoms with Gasteiger partial charge in [-0.05, 0) is 42.3 Å². The molecule has 0 fully saturated rings. The van der Waals surface area contributed by atoms with Crippen molar-refractivity contribution in [1.82, 2.24) is 10.3 Å². The summed E-state index contributed by atoms with van der Waals surface area (Å²) in [6.07, 6.45) is -0.0773. The topological polar surface area (TPSA) is 122 Å². The summed E-state index contributed by atoms with van der Waals surface area (Å²) in [5.74, 6) is -2.00. The Hall–Kier alpha value is -3.20. The molecule has 8 nitrogen and oxygen atoms in total. The number of carboxylic acids is 1. The number of nitrogens with one attached hydrogen (secondary N) is 2. The first-order valence-electron chi connectivity index (χ1n) is 10.3. The number of benzene rings is 2. The number of aliphatic hydroxyl groups excluding tert-OH is 1. The van der Waals surface area contributed by atoms with Crippen LogP contribution in [0.25, 0.3) is 10.9 Å². The zero-order chi connectivity index (χ0) is 24.6. The molecule has 0 aliphatic carbocycles. The van der Waals surface area contributed by atoms with Crippen molar-refractivity contribution in [3.8, 4) is 0 Å². The number of likely N-dealkylation sites (N-methyl/N-ethyl adjacent to an activating group) is 1. The molecule has 0 saturated carbocycles. The summed E-state index contributed by atoms with van der Waals surface area (Å²) in [4.78, 5) is 38.3. The van der Waals surface area contributed by atoms with Gasteiger partial charge in [0.05, 0.1) is 39.8 Å². The van der Waals surface area contributed by atoms with Gasteiger partial charge in [-0.3, -0.25) is 9.59 Å². The molecule has 0 saturated heterocycles. The van der Waals surface area contributed by atoms with Crippen LogP contribution in [0.1, 0.15) is 15.9 Å². The number of carbonyl (C=O) groups excluding carboxylic acids is 2. The molecule has 0 aliphatic heterocycles. The van der Waals surface area contributed by atoms with Crippen LogP contribution in [-0.2, 0) is 11.2 Å². The van der Waals surface area contributed by atoms with Gasteiger partial charge in [0.15, 0.2) is 0 Å². The molecule has 3 aromatic rings. The number of H-pyrrole nitrogens is 1. The Bertz CT molecular complexity index is 1150. The Morgan fingerprint density at radius 3 is 2.30 bits per heavy atom. The van der Waals surface area contributed by atoms with Gasteiger partial charge in [0, 0.05) is 27.6 Å². The summed E-state index contributed by atoms with van der Waals surface area (Å²) in [5.41, 5.74) is 1.03. The summed E-state index contributed by atoms with van der Waals surface area (Å²) in [5, 5.41) is 23.5. The largest absolute Gasteiger partial charge is 0.548 e. The minimum absolute atomic E-state index is 0.0773. The molecular formula is C24H28ClN3O5. The molecule has 176 valence electrons. The number of rotatable bonds is 7. The minimum atomic E-state index is -1.43. The normalized spacial score (nSPS) is 11.9. The smallest absolute Gasteiger partial charge is 0.251 e. The Morgan fingerprint density at radius 1 is 1.12 bits per heavy atom. The van der Waals surface area contributed by atoms with E-state index in [-0.39, 0.29) is 24.2 Å². The number of amides is 1. The Labute approximate surface area is 197 Å². The Morgan fingerprint density at radius 2 is 1.76 bits per heavy atom. The second-order valence-electron chi connectivity index (χ2n) is 8.50. The number of carboxylic acid groups (broad SMARTS) is 1. The predicted molar refractivity (Wildman–Crippen MR) is 126 cm³/mol. The van der Waals surface area contributed by atoms with Gasteiger partial charge in [-0.15, -0.1) is 0 Å². The zero-order valence-corrected chi connectivity index (χ0v) is 19.6. The number of quaternary nitrogens is 1. The van der Waals surface area contributed by atoms with Gasteiger partial charge in [-0.2, -0.15) is 0 Å². The molecule has 1 amide bonds. The molecular weight excluding hydrogens is 446 g/mol. The highest BCUT2D eigenvalue weighted by Crippen LogP contribution is 2.16. The number of fused-ring (bicyclic) bond motifs is 1. The van der Waals surface area contributed by atoms with Crippen LogP contribution in [0.5, 0.6) is 0 Å². The van der Waals surface area contributed by atoms with E-state index in [0.29, 0.717) is 21.5 Å². The molecule has 9 heteroatoms. The second-order valence-corrected chi connectivity index (χ2v) is 8.93. The fourth-order valence-electron chi connectivity index (χ4n) is 3.00. The standard InChI is InChI=1S/C19H15ClN2O4.C5H14NO/c20-13-7-5-11(6-8-13)18(24)22-16(19(25)26)9-12-10-17(23)21-15-4-2-1-3-14(12)15;1-6(2,3)4-5-7/h1-8,10,16H,9H2,(H,21,23)(H,22,24)(H,25,26);7H,4-5H2,1-3H3/q;+1/p-1. The van der Waals surface area contributed by atoms with E-state index in [1.54, 1.807) is 24.3 Å². The highest BCUT2D eigenvalue weighted by Gasteiger charge is 2.17. The minimum Gasteiger partial charge on any atom is -0.548 e.